The molecule has 8 nitrogen and oxygen atoms in total. The minimum Gasteiger partial charge on any atom is -0.338 e. The number of amides is 4. The standard InChI is InChI=1S/C21H32FN5O3/c1-13(2)23-21(30)25-19(20(29)27-10-8-26(5)9-11-27)14(3)16-6-7-18(17(22)12-16)24-15(4)28/h6-7,12-14,19H,8-11H2,1-5H3,(H,24,28)(H2,23,25,30)/t14-,19+/m0/s1. The zero-order valence-corrected chi connectivity index (χ0v) is 18.3. The van der Waals surface area contributed by atoms with Crippen molar-refractivity contribution in [2.24, 2.45) is 0 Å². The highest BCUT2D eigenvalue weighted by Crippen LogP contribution is 2.25. The van der Waals surface area contributed by atoms with E-state index in [4.69, 9.17) is 0 Å². The van der Waals surface area contributed by atoms with Gasteiger partial charge >= 0.3 is 6.03 Å². The molecule has 1 aliphatic heterocycles. The van der Waals surface area contributed by atoms with Crippen LogP contribution < -0.4 is 16.0 Å². The van der Waals surface area contributed by atoms with Crippen LogP contribution in [0.5, 0.6) is 0 Å². The van der Waals surface area contributed by atoms with Crippen LogP contribution in [0.25, 0.3) is 0 Å². The van der Waals surface area contributed by atoms with Gasteiger partial charge < -0.3 is 25.8 Å². The second kappa shape index (κ2) is 10.4. The second-order valence-corrected chi connectivity index (χ2v) is 8.09. The number of nitrogens with zero attached hydrogens (tertiary/aromatic N) is 2. The Balaban J connectivity index is 2.25. The van der Waals surface area contributed by atoms with E-state index < -0.39 is 23.8 Å². The molecule has 1 saturated heterocycles. The molecular formula is C21H32FN5O3. The minimum absolute atomic E-state index is 0.0749. The van der Waals surface area contributed by atoms with E-state index in [1.807, 2.05) is 20.9 Å². The summed E-state index contributed by atoms with van der Waals surface area (Å²) in [6.45, 7) is 9.39. The van der Waals surface area contributed by atoms with Crippen LogP contribution >= 0.6 is 0 Å². The quantitative estimate of drug-likeness (QED) is 0.652. The molecule has 1 aliphatic rings. The van der Waals surface area contributed by atoms with Gasteiger partial charge in [-0.2, -0.15) is 0 Å². The molecule has 2 atom stereocenters. The lowest BCUT2D eigenvalue weighted by molar-refractivity contribution is -0.135. The van der Waals surface area contributed by atoms with E-state index in [9.17, 15) is 18.8 Å². The first kappa shape index (κ1) is 23.6. The van der Waals surface area contributed by atoms with Crippen molar-refractivity contribution in [2.75, 3.05) is 38.5 Å². The molecule has 1 aromatic carbocycles. The van der Waals surface area contributed by atoms with Gasteiger partial charge in [0.2, 0.25) is 11.8 Å². The summed E-state index contributed by atoms with van der Waals surface area (Å²) in [4.78, 5) is 40.7. The van der Waals surface area contributed by atoms with Gasteiger partial charge in [0, 0.05) is 45.1 Å². The predicted molar refractivity (Wildman–Crippen MR) is 114 cm³/mol. The molecule has 2 rings (SSSR count). The number of likely N-dealkylation sites (N-methyl/N-ethyl adjacent to an activating group) is 1. The Morgan fingerprint density at radius 1 is 1.03 bits per heavy atom. The van der Waals surface area contributed by atoms with Crippen LogP contribution in [0.2, 0.25) is 0 Å². The fourth-order valence-corrected chi connectivity index (χ4v) is 3.37. The summed E-state index contributed by atoms with van der Waals surface area (Å²) in [7, 11) is 2.00. The third-order valence-corrected chi connectivity index (χ3v) is 5.12. The van der Waals surface area contributed by atoms with Crippen LogP contribution in [0, 0.1) is 5.82 Å². The molecule has 0 aromatic heterocycles. The Morgan fingerprint density at radius 2 is 1.67 bits per heavy atom. The summed E-state index contributed by atoms with van der Waals surface area (Å²) in [6.07, 6.45) is 0. The highest BCUT2D eigenvalue weighted by molar-refractivity contribution is 5.89. The average Bonchev–Trinajstić information content (AvgIpc) is 2.66. The maximum absolute atomic E-state index is 14.5. The zero-order chi connectivity index (χ0) is 22.4. The SMILES string of the molecule is CC(=O)Nc1ccc([C@H](C)[C@@H](NC(=O)NC(C)C)C(=O)N2CCN(C)CC2)cc1F. The van der Waals surface area contributed by atoms with E-state index in [2.05, 4.69) is 20.9 Å². The maximum Gasteiger partial charge on any atom is 0.315 e. The van der Waals surface area contributed by atoms with Crippen molar-refractivity contribution in [1.29, 1.82) is 0 Å². The molecule has 9 heteroatoms. The van der Waals surface area contributed by atoms with Crippen LogP contribution in [-0.2, 0) is 9.59 Å². The van der Waals surface area contributed by atoms with Gasteiger partial charge in [-0.3, -0.25) is 9.59 Å². The monoisotopic (exact) mass is 421 g/mol. The van der Waals surface area contributed by atoms with E-state index >= 15 is 0 Å². The molecule has 1 fully saturated rings. The summed E-state index contributed by atoms with van der Waals surface area (Å²) >= 11 is 0. The summed E-state index contributed by atoms with van der Waals surface area (Å²) in [5, 5.41) is 7.94. The molecule has 0 bridgehead atoms. The first-order chi connectivity index (χ1) is 14.1. The van der Waals surface area contributed by atoms with Crippen LogP contribution in [0.1, 0.15) is 39.2 Å². The minimum atomic E-state index is -0.849. The fourth-order valence-electron chi connectivity index (χ4n) is 3.37. The Bertz CT molecular complexity index is 778. The topological polar surface area (TPSA) is 93.8 Å². The highest BCUT2D eigenvalue weighted by atomic mass is 19.1. The van der Waals surface area contributed by atoms with Crippen molar-refractivity contribution in [1.82, 2.24) is 20.4 Å². The molecule has 4 amide bonds. The number of carbonyl (C=O) groups excluding carboxylic acids is 3. The molecule has 0 unspecified atom stereocenters. The van der Waals surface area contributed by atoms with Crippen molar-refractivity contribution in [3.63, 3.8) is 0 Å². The van der Waals surface area contributed by atoms with Gasteiger partial charge in [0.15, 0.2) is 0 Å². The second-order valence-electron chi connectivity index (χ2n) is 8.09. The number of rotatable bonds is 6. The predicted octanol–water partition coefficient (Wildman–Crippen LogP) is 1.74. The molecule has 1 aromatic rings. The lowest BCUT2D eigenvalue weighted by atomic mass is 9.91. The summed E-state index contributed by atoms with van der Waals surface area (Å²) in [6, 6.07) is 3.04. The van der Waals surface area contributed by atoms with Gasteiger partial charge in [0.25, 0.3) is 0 Å². The molecule has 0 radical (unpaired) electrons. The Kier molecular flexibility index (Phi) is 8.16. The van der Waals surface area contributed by atoms with Gasteiger partial charge in [0.1, 0.15) is 11.9 Å². The van der Waals surface area contributed by atoms with Crippen molar-refractivity contribution in [2.45, 2.75) is 45.7 Å². The normalized spacial score (nSPS) is 16.7. The van der Waals surface area contributed by atoms with Crippen molar-refractivity contribution in [3.05, 3.63) is 29.6 Å². The van der Waals surface area contributed by atoms with E-state index in [0.717, 1.165) is 13.1 Å². The Hall–Kier alpha value is -2.68. The molecule has 1 heterocycles. The maximum atomic E-state index is 14.5. The lowest BCUT2D eigenvalue weighted by Crippen LogP contribution is -2.57. The number of anilines is 1. The molecular weight excluding hydrogens is 389 g/mol. The summed E-state index contributed by atoms with van der Waals surface area (Å²) in [5.41, 5.74) is 0.629. The summed E-state index contributed by atoms with van der Waals surface area (Å²) in [5.74, 6) is -1.63. The Morgan fingerprint density at radius 3 is 2.20 bits per heavy atom. The van der Waals surface area contributed by atoms with Gasteiger partial charge in [0.05, 0.1) is 5.69 Å². The fraction of sp³-hybridized carbons (Fsp3) is 0.571. The number of urea groups is 1. The van der Waals surface area contributed by atoms with E-state index in [1.165, 1.54) is 19.1 Å². The van der Waals surface area contributed by atoms with Gasteiger partial charge in [-0.25, -0.2) is 9.18 Å². The largest absolute Gasteiger partial charge is 0.338 e. The van der Waals surface area contributed by atoms with E-state index in [0.29, 0.717) is 18.7 Å². The number of nitrogens with one attached hydrogen (secondary N) is 3. The molecule has 0 saturated carbocycles. The lowest BCUT2D eigenvalue weighted by Gasteiger charge is -2.36. The van der Waals surface area contributed by atoms with Crippen molar-refractivity contribution >= 4 is 23.5 Å². The zero-order valence-electron chi connectivity index (χ0n) is 18.3. The van der Waals surface area contributed by atoms with Crippen LogP contribution in [0.4, 0.5) is 14.9 Å². The third-order valence-electron chi connectivity index (χ3n) is 5.12. The van der Waals surface area contributed by atoms with Gasteiger partial charge in [-0.05, 0) is 38.6 Å². The van der Waals surface area contributed by atoms with Gasteiger partial charge in [-0.15, -0.1) is 0 Å². The smallest absolute Gasteiger partial charge is 0.315 e. The number of carbonyl (C=O) groups is 3. The van der Waals surface area contributed by atoms with Crippen molar-refractivity contribution in [3.8, 4) is 0 Å². The first-order valence-corrected chi connectivity index (χ1v) is 10.2. The summed E-state index contributed by atoms with van der Waals surface area (Å²) < 4.78 is 14.5. The number of hydrogen-bond donors (Lipinski definition) is 3. The van der Waals surface area contributed by atoms with E-state index in [-0.39, 0.29) is 23.5 Å². The van der Waals surface area contributed by atoms with E-state index in [1.54, 1.807) is 17.9 Å². The number of halogens is 1. The number of piperazine rings is 1. The molecule has 0 aliphatic carbocycles. The average molecular weight is 422 g/mol. The Labute approximate surface area is 177 Å². The van der Waals surface area contributed by atoms with Crippen LogP contribution in [0.3, 0.4) is 0 Å². The highest BCUT2D eigenvalue weighted by Gasteiger charge is 2.33. The first-order valence-electron chi connectivity index (χ1n) is 10.2. The molecule has 0 spiro atoms. The molecule has 30 heavy (non-hydrogen) atoms. The van der Waals surface area contributed by atoms with Gasteiger partial charge in [-0.1, -0.05) is 13.0 Å². The van der Waals surface area contributed by atoms with Crippen LogP contribution in [0.15, 0.2) is 18.2 Å². The molecule has 3 N–H and O–H groups in total. The van der Waals surface area contributed by atoms with Crippen LogP contribution in [-0.4, -0.2) is 73.0 Å². The molecule has 166 valence electrons. The van der Waals surface area contributed by atoms with Crippen molar-refractivity contribution < 1.29 is 18.8 Å². The number of benzene rings is 1. The third kappa shape index (κ3) is 6.41. The number of hydrogen-bond acceptors (Lipinski definition) is 4.